The summed E-state index contributed by atoms with van der Waals surface area (Å²) in [6, 6.07) is 5.74. The van der Waals surface area contributed by atoms with Gasteiger partial charge in [-0.15, -0.1) is 0 Å². The zero-order valence-electron chi connectivity index (χ0n) is 12.1. The molecule has 0 bridgehead atoms. The van der Waals surface area contributed by atoms with Crippen molar-refractivity contribution in [2.45, 2.75) is 31.4 Å². The lowest BCUT2D eigenvalue weighted by atomic mass is 10.1. The van der Waals surface area contributed by atoms with Gasteiger partial charge in [-0.05, 0) is 23.1 Å². The highest BCUT2D eigenvalue weighted by Crippen LogP contribution is 2.21. The Morgan fingerprint density at radius 3 is 2.86 bits per heavy atom. The fraction of sp³-hybridized carbons (Fsp3) is 0.500. The van der Waals surface area contributed by atoms with E-state index in [2.05, 4.69) is 5.32 Å². The molecule has 3 rings (SSSR count). The number of carbonyl (C=O) groups excluding carboxylic acids is 1. The summed E-state index contributed by atoms with van der Waals surface area (Å²) < 4.78 is 28.0. The number of benzene rings is 1. The number of fused-ring (bicyclic) bond motifs is 1. The van der Waals surface area contributed by atoms with Gasteiger partial charge in [-0.2, -0.15) is 0 Å². The van der Waals surface area contributed by atoms with E-state index in [1.165, 1.54) is 10.5 Å². The predicted molar refractivity (Wildman–Crippen MR) is 80.3 cm³/mol. The molecule has 0 radical (unpaired) electrons. The summed E-state index contributed by atoms with van der Waals surface area (Å²) in [6.07, 6.45) is 0.391. The molecular formula is C14H19N3O4S. The normalized spacial score (nSPS) is 21.0. The smallest absolute Gasteiger partial charge is 0.317 e. The Kier molecular flexibility index (Phi) is 4.07. The van der Waals surface area contributed by atoms with Crippen LogP contribution in [0.2, 0.25) is 0 Å². The van der Waals surface area contributed by atoms with Gasteiger partial charge in [0, 0.05) is 19.6 Å². The molecule has 2 amide bonds. The molecule has 1 atom stereocenters. The number of ether oxygens (including phenoxy) is 1. The number of nitrogens with one attached hydrogen (secondary N) is 1. The zero-order valence-corrected chi connectivity index (χ0v) is 12.9. The Balaban J connectivity index is 1.55. The van der Waals surface area contributed by atoms with Crippen LogP contribution in [0.1, 0.15) is 23.1 Å². The molecule has 0 saturated carbocycles. The molecule has 1 aromatic carbocycles. The van der Waals surface area contributed by atoms with Gasteiger partial charge in [-0.1, -0.05) is 18.2 Å². The minimum atomic E-state index is -3.58. The molecular weight excluding hydrogens is 306 g/mol. The van der Waals surface area contributed by atoms with E-state index in [4.69, 9.17) is 9.88 Å². The number of hydrogen-bond donors (Lipinski definition) is 2. The maximum absolute atomic E-state index is 12.1. The van der Waals surface area contributed by atoms with Gasteiger partial charge < -0.3 is 15.0 Å². The van der Waals surface area contributed by atoms with Crippen molar-refractivity contribution in [3.63, 3.8) is 0 Å². The average molecular weight is 325 g/mol. The van der Waals surface area contributed by atoms with Gasteiger partial charge in [0.25, 0.3) is 0 Å². The standard InChI is InChI=1S/C14H19N3O4S/c15-22(19,20)13-3-4-17(7-13)14(18)16-6-10-1-2-11-8-21-9-12(11)5-10/h1-2,5,13H,3-4,6-9H2,(H,16,18)(H2,15,19,20). The summed E-state index contributed by atoms with van der Waals surface area (Å²) in [5.74, 6) is 0. The summed E-state index contributed by atoms with van der Waals surface area (Å²) in [4.78, 5) is 13.6. The number of hydrogen-bond acceptors (Lipinski definition) is 4. The molecule has 2 heterocycles. The second-order valence-corrected chi connectivity index (χ2v) is 7.55. The first-order valence-electron chi connectivity index (χ1n) is 7.16. The van der Waals surface area contributed by atoms with E-state index < -0.39 is 15.3 Å². The van der Waals surface area contributed by atoms with Crippen molar-refractivity contribution in [3.05, 3.63) is 34.9 Å². The molecule has 7 nitrogen and oxygen atoms in total. The fourth-order valence-electron chi connectivity index (χ4n) is 2.81. The maximum Gasteiger partial charge on any atom is 0.317 e. The first-order valence-corrected chi connectivity index (χ1v) is 8.77. The topological polar surface area (TPSA) is 102 Å². The number of likely N-dealkylation sites (tertiary alicyclic amines) is 1. The molecule has 8 heteroatoms. The van der Waals surface area contributed by atoms with Gasteiger partial charge in [-0.3, -0.25) is 0 Å². The van der Waals surface area contributed by atoms with E-state index in [0.717, 1.165) is 11.1 Å². The SMILES string of the molecule is NS(=O)(=O)C1CCN(C(=O)NCc2ccc3c(c2)COC3)C1. The average Bonchev–Trinajstić information content (AvgIpc) is 3.12. The summed E-state index contributed by atoms with van der Waals surface area (Å²) in [7, 11) is -3.58. The van der Waals surface area contributed by atoms with Crippen molar-refractivity contribution >= 4 is 16.1 Å². The first-order chi connectivity index (χ1) is 10.4. The summed E-state index contributed by atoms with van der Waals surface area (Å²) in [5.41, 5.74) is 3.34. The molecule has 120 valence electrons. The van der Waals surface area contributed by atoms with Crippen LogP contribution in [0.15, 0.2) is 18.2 Å². The highest BCUT2D eigenvalue weighted by molar-refractivity contribution is 7.89. The number of carbonyl (C=O) groups is 1. The fourth-order valence-corrected chi connectivity index (χ4v) is 3.63. The van der Waals surface area contributed by atoms with Crippen molar-refractivity contribution in [2.75, 3.05) is 13.1 Å². The van der Waals surface area contributed by atoms with Crippen molar-refractivity contribution in [2.24, 2.45) is 5.14 Å². The van der Waals surface area contributed by atoms with Crippen LogP contribution in [0.25, 0.3) is 0 Å². The van der Waals surface area contributed by atoms with E-state index >= 15 is 0 Å². The largest absolute Gasteiger partial charge is 0.372 e. The Morgan fingerprint density at radius 1 is 1.36 bits per heavy atom. The predicted octanol–water partition coefficient (Wildman–Crippen LogP) is 0.289. The molecule has 1 aromatic rings. The Morgan fingerprint density at radius 2 is 2.14 bits per heavy atom. The summed E-state index contributed by atoms with van der Waals surface area (Å²) in [5, 5.41) is 7.28. The number of nitrogens with two attached hydrogens (primary N) is 1. The van der Waals surface area contributed by atoms with Crippen molar-refractivity contribution in [1.82, 2.24) is 10.2 Å². The van der Waals surface area contributed by atoms with Gasteiger partial charge in [0.1, 0.15) is 0 Å². The lowest BCUT2D eigenvalue weighted by Gasteiger charge is -2.17. The molecule has 22 heavy (non-hydrogen) atoms. The van der Waals surface area contributed by atoms with Gasteiger partial charge in [0.2, 0.25) is 10.0 Å². The summed E-state index contributed by atoms with van der Waals surface area (Å²) in [6.45, 7) is 2.22. The van der Waals surface area contributed by atoms with Crippen LogP contribution in [0, 0.1) is 0 Å². The van der Waals surface area contributed by atoms with Crippen LogP contribution in [0.3, 0.4) is 0 Å². The van der Waals surface area contributed by atoms with Crippen LogP contribution in [0.5, 0.6) is 0 Å². The summed E-state index contributed by atoms with van der Waals surface area (Å²) >= 11 is 0. The minimum absolute atomic E-state index is 0.155. The second kappa shape index (κ2) is 5.86. The van der Waals surface area contributed by atoms with Gasteiger partial charge >= 0.3 is 6.03 Å². The minimum Gasteiger partial charge on any atom is -0.372 e. The molecule has 2 aliphatic rings. The van der Waals surface area contributed by atoms with Crippen LogP contribution >= 0.6 is 0 Å². The van der Waals surface area contributed by atoms with E-state index in [1.54, 1.807) is 0 Å². The molecule has 2 aliphatic heterocycles. The monoisotopic (exact) mass is 325 g/mol. The molecule has 1 saturated heterocycles. The van der Waals surface area contributed by atoms with E-state index in [0.29, 0.717) is 32.7 Å². The van der Waals surface area contributed by atoms with Crippen LogP contribution in [-0.2, 0) is 34.5 Å². The third kappa shape index (κ3) is 3.23. The number of rotatable bonds is 3. The van der Waals surface area contributed by atoms with Crippen molar-refractivity contribution in [1.29, 1.82) is 0 Å². The van der Waals surface area contributed by atoms with Crippen LogP contribution in [-0.4, -0.2) is 37.7 Å². The Hall–Kier alpha value is -1.64. The molecule has 3 N–H and O–H groups in total. The highest BCUT2D eigenvalue weighted by atomic mass is 32.2. The maximum atomic E-state index is 12.1. The number of primary sulfonamides is 1. The molecule has 1 unspecified atom stereocenters. The number of sulfonamides is 1. The lowest BCUT2D eigenvalue weighted by Crippen LogP contribution is -2.40. The zero-order chi connectivity index (χ0) is 15.7. The van der Waals surface area contributed by atoms with Gasteiger partial charge in [0.15, 0.2) is 0 Å². The number of nitrogens with zero attached hydrogens (tertiary/aromatic N) is 1. The van der Waals surface area contributed by atoms with E-state index in [9.17, 15) is 13.2 Å². The third-order valence-electron chi connectivity index (χ3n) is 4.13. The number of urea groups is 1. The van der Waals surface area contributed by atoms with Crippen molar-refractivity contribution in [3.8, 4) is 0 Å². The molecule has 1 fully saturated rings. The Labute approximate surface area is 129 Å². The molecule has 0 aromatic heterocycles. The molecule has 0 spiro atoms. The van der Waals surface area contributed by atoms with Crippen molar-refractivity contribution < 1.29 is 17.9 Å². The highest BCUT2D eigenvalue weighted by Gasteiger charge is 2.32. The second-order valence-electron chi connectivity index (χ2n) is 5.70. The van der Waals surface area contributed by atoms with Crippen LogP contribution in [0.4, 0.5) is 4.79 Å². The van der Waals surface area contributed by atoms with E-state index in [-0.39, 0.29) is 12.6 Å². The Bertz CT molecular complexity index is 689. The van der Waals surface area contributed by atoms with Gasteiger partial charge in [-0.25, -0.2) is 18.4 Å². The molecule has 0 aliphatic carbocycles. The number of amides is 2. The lowest BCUT2D eigenvalue weighted by molar-refractivity contribution is 0.134. The first kappa shape index (κ1) is 15.3. The van der Waals surface area contributed by atoms with E-state index in [1.807, 2.05) is 18.2 Å². The quantitative estimate of drug-likeness (QED) is 0.834. The van der Waals surface area contributed by atoms with Crippen LogP contribution < -0.4 is 10.5 Å². The van der Waals surface area contributed by atoms with Gasteiger partial charge in [0.05, 0.1) is 18.5 Å². The third-order valence-corrected chi connectivity index (χ3v) is 5.44.